The zero-order valence-corrected chi connectivity index (χ0v) is 12.2. The number of H-pyrrole nitrogens is 1. The van der Waals surface area contributed by atoms with Crippen LogP contribution in [0.1, 0.15) is 10.5 Å². The number of hydrogen-bond donors (Lipinski definition) is 4. The van der Waals surface area contributed by atoms with Gasteiger partial charge in [0.2, 0.25) is 0 Å². The van der Waals surface area contributed by atoms with Crippen LogP contribution in [0.25, 0.3) is 0 Å². The third-order valence-corrected chi connectivity index (χ3v) is 2.43. The second-order valence-corrected chi connectivity index (χ2v) is 4.13. The normalized spacial score (nSPS) is 14.3. The maximum Gasteiger partial charge on any atom is 0.354 e. The molecule has 2 aromatic rings. The van der Waals surface area contributed by atoms with E-state index in [2.05, 4.69) is 15.3 Å². The Morgan fingerprint density at radius 3 is 2.09 bits per heavy atom. The molecule has 1 aliphatic heterocycles. The van der Waals surface area contributed by atoms with Gasteiger partial charge in [-0.2, -0.15) is 0 Å². The molecule has 0 aliphatic carbocycles. The van der Waals surface area contributed by atoms with Crippen LogP contribution < -0.4 is 5.32 Å². The van der Waals surface area contributed by atoms with E-state index in [9.17, 15) is 9.59 Å². The number of nitrogens with zero attached hydrogens (tertiary/aromatic N) is 1. The Bertz CT molecular complexity index is 619. The van der Waals surface area contributed by atoms with E-state index in [-0.39, 0.29) is 5.69 Å². The first-order valence-electron chi connectivity index (χ1n) is 6.65. The zero-order valence-electron chi connectivity index (χ0n) is 12.2. The van der Waals surface area contributed by atoms with Gasteiger partial charge in [0.15, 0.2) is 0 Å². The molecule has 23 heavy (non-hydrogen) atoms. The number of carboxylic acid groups (broad SMARTS) is 2. The predicted molar refractivity (Wildman–Crippen MR) is 84.8 cm³/mol. The highest BCUT2D eigenvalue weighted by Crippen LogP contribution is 1.93. The molecule has 0 fully saturated rings. The summed E-state index contributed by atoms with van der Waals surface area (Å²) in [5.41, 5.74) is 0.0810. The average Bonchev–Trinajstić information content (AvgIpc) is 3.17. The molecule has 1 atom stereocenters. The molecule has 0 saturated heterocycles. The number of pyridine rings is 1. The van der Waals surface area contributed by atoms with Crippen LogP contribution in [0.4, 0.5) is 0 Å². The second-order valence-electron chi connectivity index (χ2n) is 4.13. The SMILES string of the molecule is O=C(O)C1C=CC=CN1.O=C(O)c1ccccn1.c1cc[nH]c1. The number of rotatable bonds is 2. The van der Waals surface area contributed by atoms with Crippen molar-refractivity contribution in [3.05, 3.63) is 79.0 Å². The lowest BCUT2D eigenvalue weighted by Gasteiger charge is -2.08. The van der Waals surface area contributed by atoms with E-state index in [1.165, 1.54) is 12.3 Å². The van der Waals surface area contributed by atoms with E-state index < -0.39 is 18.0 Å². The highest BCUT2D eigenvalue weighted by Gasteiger charge is 2.11. The highest BCUT2D eigenvalue weighted by atomic mass is 16.4. The molecule has 0 bridgehead atoms. The van der Waals surface area contributed by atoms with Gasteiger partial charge in [0, 0.05) is 18.6 Å². The zero-order chi connectivity index (χ0) is 16.9. The monoisotopic (exact) mass is 315 g/mol. The largest absolute Gasteiger partial charge is 0.479 e. The van der Waals surface area contributed by atoms with Crippen molar-refractivity contribution in [1.82, 2.24) is 15.3 Å². The van der Waals surface area contributed by atoms with Gasteiger partial charge in [-0.1, -0.05) is 18.2 Å². The van der Waals surface area contributed by atoms with Crippen LogP contribution in [0.3, 0.4) is 0 Å². The molecule has 3 rings (SSSR count). The number of aromatic nitrogens is 2. The van der Waals surface area contributed by atoms with Crippen LogP contribution in [0, 0.1) is 0 Å². The Labute approximate surface area is 133 Å². The van der Waals surface area contributed by atoms with E-state index >= 15 is 0 Å². The third-order valence-electron chi connectivity index (χ3n) is 2.43. The van der Waals surface area contributed by atoms with Gasteiger partial charge in [0.1, 0.15) is 11.7 Å². The lowest BCUT2D eigenvalue weighted by molar-refractivity contribution is -0.137. The first kappa shape index (κ1) is 17.7. The third kappa shape index (κ3) is 7.86. The van der Waals surface area contributed by atoms with E-state index in [0.29, 0.717) is 0 Å². The number of hydrogen-bond acceptors (Lipinski definition) is 4. The molecule has 0 saturated carbocycles. The van der Waals surface area contributed by atoms with Crippen molar-refractivity contribution in [1.29, 1.82) is 0 Å². The van der Waals surface area contributed by atoms with E-state index in [0.717, 1.165) is 0 Å². The number of allylic oxidation sites excluding steroid dienone is 2. The Kier molecular flexibility index (Phi) is 7.99. The molecular formula is C16H17N3O4. The predicted octanol–water partition coefficient (Wildman–Crippen LogP) is 1.91. The summed E-state index contributed by atoms with van der Waals surface area (Å²) in [4.78, 5) is 26.8. The summed E-state index contributed by atoms with van der Waals surface area (Å²) in [7, 11) is 0. The van der Waals surface area contributed by atoms with Gasteiger partial charge in [-0.05, 0) is 36.5 Å². The number of aromatic amines is 1. The molecule has 2 aromatic heterocycles. The van der Waals surface area contributed by atoms with Crippen molar-refractivity contribution in [3.8, 4) is 0 Å². The Morgan fingerprint density at radius 1 is 1.04 bits per heavy atom. The summed E-state index contributed by atoms with van der Waals surface area (Å²) in [6.45, 7) is 0. The summed E-state index contributed by atoms with van der Waals surface area (Å²) in [5.74, 6) is -1.84. The van der Waals surface area contributed by atoms with Gasteiger partial charge in [-0.25, -0.2) is 14.6 Å². The Morgan fingerprint density at radius 2 is 1.78 bits per heavy atom. The van der Waals surface area contributed by atoms with Crippen LogP contribution in [-0.2, 0) is 4.79 Å². The fraction of sp³-hybridized carbons (Fsp3) is 0.0625. The second kappa shape index (κ2) is 10.4. The molecule has 0 radical (unpaired) electrons. The number of dihydropyridines is 1. The van der Waals surface area contributed by atoms with E-state index in [4.69, 9.17) is 10.2 Å². The van der Waals surface area contributed by atoms with Gasteiger partial charge < -0.3 is 20.5 Å². The van der Waals surface area contributed by atoms with Crippen molar-refractivity contribution in [3.63, 3.8) is 0 Å². The Hall–Kier alpha value is -3.35. The van der Waals surface area contributed by atoms with Crippen LogP contribution in [0.15, 0.2) is 73.4 Å². The van der Waals surface area contributed by atoms with Gasteiger partial charge >= 0.3 is 11.9 Å². The summed E-state index contributed by atoms with van der Waals surface area (Å²) >= 11 is 0. The van der Waals surface area contributed by atoms with Gasteiger partial charge in [0.05, 0.1) is 0 Å². The van der Waals surface area contributed by atoms with Crippen LogP contribution in [0.2, 0.25) is 0 Å². The number of aliphatic carboxylic acids is 1. The summed E-state index contributed by atoms with van der Waals surface area (Å²) in [5, 5.41) is 19.4. The molecule has 7 nitrogen and oxygen atoms in total. The fourth-order valence-electron chi connectivity index (χ4n) is 1.37. The molecule has 120 valence electrons. The minimum Gasteiger partial charge on any atom is -0.479 e. The molecule has 0 aromatic carbocycles. The van der Waals surface area contributed by atoms with E-state index in [1.807, 2.05) is 24.5 Å². The maximum atomic E-state index is 10.2. The number of carboxylic acids is 2. The summed E-state index contributed by atoms with van der Waals surface area (Å²) in [6.07, 6.45) is 11.8. The minimum atomic E-state index is -0.990. The van der Waals surface area contributed by atoms with Crippen molar-refractivity contribution in [2.24, 2.45) is 0 Å². The molecule has 1 unspecified atom stereocenters. The van der Waals surface area contributed by atoms with Crippen molar-refractivity contribution < 1.29 is 19.8 Å². The average molecular weight is 315 g/mol. The van der Waals surface area contributed by atoms with Crippen molar-refractivity contribution >= 4 is 11.9 Å². The van der Waals surface area contributed by atoms with E-state index in [1.54, 1.807) is 36.6 Å². The summed E-state index contributed by atoms with van der Waals surface area (Å²) < 4.78 is 0. The van der Waals surface area contributed by atoms with Gasteiger partial charge in [0.25, 0.3) is 0 Å². The van der Waals surface area contributed by atoms with Crippen molar-refractivity contribution in [2.45, 2.75) is 6.04 Å². The summed E-state index contributed by atoms with van der Waals surface area (Å²) in [6, 6.07) is 8.10. The number of nitrogens with one attached hydrogen (secondary N) is 2. The lowest BCUT2D eigenvalue weighted by atomic mass is 10.2. The topological polar surface area (TPSA) is 115 Å². The minimum absolute atomic E-state index is 0.0810. The first-order chi connectivity index (χ1) is 11.1. The first-order valence-corrected chi connectivity index (χ1v) is 6.65. The van der Waals surface area contributed by atoms with Crippen LogP contribution in [-0.4, -0.2) is 38.2 Å². The van der Waals surface area contributed by atoms with Gasteiger partial charge in [-0.3, -0.25) is 0 Å². The van der Waals surface area contributed by atoms with Crippen LogP contribution in [0.5, 0.6) is 0 Å². The highest BCUT2D eigenvalue weighted by molar-refractivity contribution is 5.85. The molecule has 4 N–H and O–H groups in total. The van der Waals surface area contributed by atoms with Crippen molar-refractivity contribution in [2.75, 3.05) is 0 Å². The Balaban J connectivity index is 0.000000180. The molecule has 0 spiro atoms. The number of carbonyl (C=O) groups is 2. The van der Waals surface area contributed by atoms with Gasteiger partial charge in [-0.15, -0.1) is 0 Å². The maximum absolute atomic E-state index is 10.2. The smallest absolute Gasteiger partial charge is 0.354 e. The molecule has 0 amide bonds. The molecular weight excluding hydrogens is 298 g/mol. The quantitative estimate of drug-likeness (QED) is 0.673. The molecule has 7 heteroatoms. The van der Waals surface area contributed by atoms with Crippen LogP contribution >= 0.6 is 0 Å². The molecule has 1 aliphatic rings. The standard InChI is InChI=1S/C6H7NO2.C6H5NO2.C4H5N/c2*8-6(9)5-3-1-2-4-7-5;1-2-4-5-3-1/h1-5,7H,(H,8,9);1-4H,(H,8,9);1-5H. The molecule has 3 heterocycles. The number of aromatic carboxylic acids is 1. The fourth-order valence-corrected chi connectivity index (χ4v) is 1.37. The lowest BCUT2D eigenvalue weighted by Crippen LogP contribution is -2.31.